The van der Waals surface area contributed by atoms with Crippen LogP contribution in [0.25, 0.3) is 0 Å². The SMILES string of the molecule is CC(C)(C)C1CCN(S(=O)(=O)C2CCC2)CC1. The standard InChI is InChI=1S/C13H25NO2S/c1-13(2,3)11-7-9-14(10-8-11)17(15,16)12-5-4-6-12/h11-12H,4-10H2,1-3H3. The van der Waals surface area contributed by atoms with Crippen LogP contribution in [0.1, 0.15) is 52.9 Å². The molecule has 1 aliphatic heterocycles. The van der Waals surface area contributed by atoms with Crippen LogP contribution in [0.3, 0.4) is 0 Å². The molecule has 2 rings (SSSR count). The minimum atomic E-state index is -2.96. The second-order valence-electron chi connectivity index (χ2n) is 6.64. The fraction of sp³-hybridized carbons (Fsp3) is 1.00. The number of hydrogen-bond acceptors (Lipinski definition) is 2. The predicted molar refractivity (Wildman–Crippen MR) is 70.3 cm³/mol. The van der Waals surface area contributed by atoms with Gasteiger partial charge in [-0.15, -0.1) is 0 Å². The summed E-state index contributed by atoms with van der Waals surface area (Å²) in [5.74, 6) is 0.662. The van der Waals surface area contributed by atoms with Crippen molar-refractivity contribution >= 4 is 10.0 Å². The normalized spacial score (nSPS) is 25.8. The minimum Gasteiger partial charge on any atom is -0.212 e. The van der Waals surface area contributed by atoms with Crippen molar-refractivity contribution in [3.05, 3.63) is 0 Å². The number of hydrogen-bond donors (Lipinski definition) is 0. The molecule has 17 heavy (non-hydrogen) atoms. The number of nitrogens with zero attached hydrogens (tertiary/aromatic N) is 1. The Balaban J connectivity index is 1.95. The topological polar surface area (TPSA) is 37.4 Å². The number of sulfonamides is 1. The van der Waals surface area contributed by atoms with Crippen LogP contribution in [0.2, 0.25) is 0 Å². The molecule has 100 valence electrons. The second kappa shape index (κ2) is 4.54. The highest BCUT2D eigenvalue weighted by Gasteiger charge is 2.39. The summed E-state index contributed by atoms with van der Waals surface area (Å²) in [6.45, 7) is 8.25. The second-order valence-corrected chi connectivity index (χ2v) is 8.85. The van der Waals surface area contributed by atoms with Gasteiger partial charge in [-0.1, -0.05) is 27.2 Å². The zero-order chi connectivity index (χ0) is 12.7. The maximum Gasteiger partial charge on any atom is 0.216 e. The predicted octanol–water partition coefficient (Wildman–Crippen LogP) is 2.63. The van der Waals surface area contributed by atoms with E-state index in [0.717, 1.165) is 45.2 Å². The molecule has 1 saturated heterocycles. The van der Waals surface area contributed by atoms with E-state index in [4.69, 9.17) is 0 Å². The summed E-state index contributed by atoms with van der Waals surface area (Å²) < 4.78 is 26.2. The number of piperidine rings is 1. The van der Waals surface area contributed by atoms with Gasteiger partial charge in [0.05, 0.1) is 5.25 Å². The lowest BCUT2D eigenvalue weighted by Crippen LogP contribution is -2.47. The van der Waals surface area contributed by atoms with Crippen LogP contribution in [0, 0.1) is 11.3 Å². The molecule has 0 N–H and O–H groups in total. The average molecular weight is 259 g/mol. The molecule has 1 aliphatic carbocycles. The van der Waals surface area contributed by atoms with Crippen LogP contribution < -0.4 is 0 Å². The Labute approximate surface area is 106 Å². The molecule has 0 bridgehead atoms. The smallest absolute Gasteiger partial charge is 0.212 e. The Morgan fingerprint density at radius 2 is 1.53 bits per heavy atom. The molecular formula is C13H25NO2S. The molecule has 3 nitrogen and oxygen atoms in total. The van der Waals surface area contributed by atoms with Crippen LogP contribution in [-0.4, -0.2) is 31.1 Å². The van der Waals surface area contributed by atoms with Gasteiger partial charge in [0.2, 0.25) is 10.0 Å². The first-order chi connectivity index (χ1) is 7.82. The van der Waals surface area contributed by atoms with Gasteiger partial charge < -0.3 is 0 Å². The Morgan fingerprint density at radius 1 is 1.00 bits per heavy atom. The fourth-order valence-corrected chi connectivity index (χ4v) is 4.93. The average Bonchev–Trinajstić information content (AvgIpc) is 2.13. The van der Waals surface area contributed by atoms with Crippen molar-refractivity contribution in [3.63, 3.8) is 0 Å². The zero-order valence-corrected chi connectivity index (χ0v) is 12.1. The van der Waals surface area contributed by atoms with E-state index in [9.17, 15) is 8.42 Å². The molecule has 0 radical (unpaired) electrons. The lowest BCUT2D eigenvalue weighted by atomic mass is 9.76. The third kappa shape index (κ3) is 2.68. The molecule has 1 saturated carbocycles. The molecule has 4 heteroatoms. The van der Waals surface area contributed by atoms with Gasteiger partial charge in [0, 0.05) is 13.1 Å². The van der Waals surface area contributed by atoms with Crippen molar-refractivity contribution in [1.29, 1.82) is 0 Å². The molecule has 0 aromatic rings. The monoisotopic (exact) mass is 259 g/mol. The molecule has 0 aromatic carbocycles. The maximum absolute atomic E-state index is 12.3. The van der Waals surface area contributed by atoms with Gasteiger partial charge in [0.1, 0.15) is 0 Å². The Hall–Kier alpha value is -0.0900. The van der Waals surface area contributed by atoms with Crippen molar-refractivity contribution in [2.45, 2.75) is 58.1 Å². The summed E-state index contributed by atoms with van der Waals surface area (Å²) in [6, 6.07) is 0. The van der Waals surface area contributed by atoms with Gasteiger partial charge >= 0.3 is 0 Å². The van der Waals surface area contributed by atoms with Gasteiger partial charge in [-0.05, 0) is 37.0 Å². The number of rotatable bonds is 2. The summed E-state index contributed by atoms with van der Waals surface area (Å²) in [7, 11) is -2.96. The third-order valence-corrected chi connectivity index (χ3v) is 6.91. The summed E-state index contributed by atoms with van der Waals surface area (Å²) in [5, 5.41) is -0.0614. The molecule has 1 heterocycles. The van der Waals surface area contributed by atoms with Gasteiger partial charge in [0.25, 0.3) is 0 Å². The highest BCUT2D eigenvalue weighted by molar-refractivity contribution is 7.89. The first-order valence-corrected chi connectivity index (χ1v) is 8.31. The van der Waals surface area contributed by atoms with E-state index >= 15 is 0 Å². The van der Waals surface area contributed by atoms with E-state index < -0.39 is 10.0 Å². The highest BCUT2D eigenvalue weighted by Crippen LogP contribution is 2.37. The van der Waals surface area contributed by atoms with Crippen LogP contribution in [-0.2, 0) is 10.0 Å². The van der Waals surface area contributed by atoms with Crippen LogP contribution in [0.5, 0.6) is 0 Å². The van der Waals surface area contributed by atoms with Gasteiger partial charge in [0.15, 0.2) is 0 Å². The quantitative estimate of drug-likeness (QED) is 0.764. The van der Waals surface area contributed by atoms with Crippen molar-refractivity contribution in [3.8, 4) is 0 Å². The molecule has 0 amide bonds. The Bertz CT molecular complexity index is 357. The van der Waals surface area contributed by atoms with E-state index in [1.807, 2.05) is 0 Å². The Morgan fingerprint density at radius 3 is 1.88 bits per heavy atom. The summed E-state index contributed by atoms with van der Waals surface area (Å²) in [4.78, 5) is 0. The van der Waals surface area contributed by atoms with Crippen molar-refractivity contribution in [2.75, 3.05) is 13.1 Å². The van der Waals surface area contributed by atoms with Gasteiger partial charge in [-0.2, -0.15) is 0 Å². The summed E-state index contributed by atoms with van der Waals surface area (Å²) in [6.07, 6.45) is 4.89. The van der Waals surface area contributed by atoms with Crippen molar-refractivity contribution in [2.24, 2.45) is 11.3 Å². The zero-order valence-electron chi connectivity index (χ0n) is 11.3. The van der Waals surface area contributed by atoms with Crippen LogP contribution in [0.15, 0.2) is 0 Å². The first kappa shape index (κ1) is 13.3. The highest BCUT2D eigenvalue weighted by atomic mass is 32.2. The minimum absolute atomic E-state index is 0.0614. The van der Waals surface area contributed by atoms with E-state index in [0.29, 0.717) is 11.3 Å². The van der Waals surface area contributed by atoms with Crippen LogP contribution in [0.4, 0.5) is 0 Å². The largest absolute Gasteiger partial charge is 0.216 e. The molecule has 0 aromatic heterocycles. The lowest BCUT2D eigenvalue weighted by Gasteiger charge is -2.40. The lowest BCUT2D eigenvalue weighted by molar-refractivity contribution is 0.152. The Kier molecular flexibility index (Phi) is 3.56. The molecule has 2 fully saturated rings. The van der Waals surface area contributed by atoms with Gasteiger partial charge in [-0.3, -0.25) is 0 Å². The molecule has 0 atom stereocenters. The summed E-state index contributed by atoms with van der Waals surface area (Å²) >= 11 is 0. The third-order valence-electron chi connectivity index (χ3n) is 4.51. The molecule has 2 aliphatic rings. The molecule has 0 unspecified atom stereocenters. The van der Waals surface area contributed by atoms with E-state index in [2.05, 4.69) is 20.8 Å². The maximum atomic E-state index is 12.3. The van der Waals surface area contributed by atoms with E-state index in [1.54, 1.807) is 4.31 Å². The molecular weight excluding hydrogens is 234 g/mol. The van der Waals surface area contributed by atoms with Crippen LogP contribution >= 0.6 is 0 Å². The summed E-state index contributed by atoms with van der Waals surface area (Å²) in [5.41, 5.74) is 0.312. The van der Waals surface area contributed by atoms with Crippen molar-refractivity contribution < 1.29 is 8.42 Å². The van der Waals surface area contributed by atoms with Gasteiger partial charge in [-0.25, -0.2) is 12.7 Å². The fourth-order valence-electron chi connectivity index (χ4n) is 2.86. The van der Waals surface area contributed by atoms with E-state index in [1.165, 1.54) is 0 Å². The molecule has 0 spiro atoms. The first-order valence-electron chi connectivity index (χ1n) is 6.81. The van der Waals surface area contributed by atoms with E-state index in [-0.39, 0.29) is 5.25 Å². The van der Waals surface area contributed by atoms with Crippen molar-refractivity contribution in [1.82, 2.24) is 4.31 Å².